The molecule has 108 valence electrons. The third-order valence-electron chi connectivity index (χ3n) is 6.12. The van der Waals surface area contributed by atoms with E-state index in [0.29, 0.717) is 6.10 Å². The van der Waals surface area contributed by atoms with Crippen molar-refractivity contribution in [1.82, 2.24) is 0 Å². The Morgan fingerprint density at radius 3 is 1.84 bits per heavy atom. The van der Waals surface area contributed by atoms with Gasteiger partial charge in [-0.2, -0.15) is 0 Å². The fraction of sp³-hybridized carbons (Fsp3) is 0.889. The van der Waals surface area contributed by atoms with Crippen molar-refractivity contribution >= 4 is 0 Å². The quantitative estimate of drug-likeness (QED) is 0.653. The fourth-order valence-electron chi connectivity index (χ4n) is 4.81. The molecule has 1 saturated heterocycles. The first kappa shape index (κ1) is 13.7. The number of rotatable bonds is 3. The van der Waals surface area contributed by atoms with Gasteiger partial charge in [-0.1, -0.05) is 6.08 Å². The van der Waals surface area contributed by atoms with Gasteiger partial charge in [-0.15, -0.1) is 6.58 Å². The zero-order valence-corrected chi connectivity index (χ0v) is 12.4. The van der Waals surface area contributed by atoms with Crippen LogP contribution in [-0.2, 0) is 4.74 Å². The fourth-order valence-corrected chi connectivity index (χ4v) is 4.81. The predicted molar refractivity (Wildman–Crippen MR) is 80.1 cm³/mol. The van der Waals surface area contributed by atoms with E-state index in [-0.39, 0.29) is 0 Å². The molecule has 1 atom stereocenters. The minimum atomic E-state index is 0.623. The van der Waals surface area contributed by atoms with Crippen LogP contribution in [0.2, 0.25) is 0 Å². The smallest absolute Gasteiger partial charge is 0.0604 e. The summed E-state index contributed by atoms with van der Waals surface area (Å²) in [6.07, 6.45) is 17.0. The van der Waals surface area contributed by atoms with Crippen LogP contribution in [0.4, 0.5) is 0 Å². The molecule has 1 nitrogen and oxygen atoms in total. The Morgan fingerprint density at radius 2 is 1.32 bits per heavy atom. The summed E-state index contributed by atoms with van der Waals surface area (Å²) in [5.74, 6) is 3.77. The van der Waals surface area contributed by atoms with Gasteiger partial charge < -0.3 is 4.74 Å². The second kappa shape index (κ2) is 6.43. The second-order valence-corrected chi connectivity index (χ2v) is 7.14. The first-order chi connectivity index (χ1) is 9.36. The molecule has 2 aliphatic carbocycles. The van der Waals surface area contributed by atoms with Crippen molar-refractivity contribution in [3.63, 3.8) is 0 Å². The number of hydrogen-bond donors (Lipinski definition) is 0. The van der Waals surface area contributed by atoms with Gasteiger partial charge in [0.2, 0.25) is 0 Å². The summed E-state index contributed by atoms with van der Waals surface area (Å²) >= 11 is 0. The maximum absolute atomic E-state index is 5.89. The molecule has 0 aromatic rings. The molecule has 0 bridgehead atoms. The molecule has 1 unspecified atom stereocenters. The van der Waals surface area contributed by atoms with E-state index in [0.717, 1.165) is 30.3 Å². The molecule has 3 rings (SSSR count). The molecule has 1 heteroatoms. The van der Waals surface area contributed by atoms with Crippen molar-refractivity contribution < 1.29 is 4.74 Å². The van der Waals surface area contributed by atoms with E-state index in [2.05, 4.69) is 12.7 Å². The molecule has 0 radical (unpaired) electrons. The van der Waals surface area contributed by atoms with Gasteiger partial charge in [-0.05, 0) is 87.9 Å². The number of allylic oxidation sites excluding steroid dienone is 1. The summed E-state index contributed by atoms with van der Waals surface area (Å²) < 4.78 is 5.89. The summed E-state index contributed by atoms with van der Waals surface area (Å²) in [7, 11) is 0. The largest absolute Gasteiger partial charge is 0.378 e. The van der Waals surface area contributed by atoms with Crippen molar-refractivity contribution in [2.75, 3.05) is 6.61 Å². The highest BCUT2D eigenvalue weighted by atomic mass is 16.5. The highest BCUT2D eigenvalue weighted by Crippen LogP contribution is 2.43. The topological polar surface area (TPSA) is 9.23 Å². The summed E-state index contributed by atoms with van der Waals surface area (Å²) in [6, 6.07) is 0. The SMILES string of the molecule is C=CC1CCC(C2CCC(C3CCCO3)CC2)CC1. The van der Waals surface area contributed by atoms with Gasteiger partial charge >= 0.3 is 0 Å². The van der Waals surface area contributed by atoms with Gasteiger partial charge in [0.25, 0.3) is 0 Å². The third-order valence-corrected chi connectivity index (χ3v) is 6.12. The maximum Gasteiger partial charge on any atom is 0.0604 e. The van der Waals surface area contributed by atoms with Crippen molar-refractivity contribution in [1.29, 1.82) is 0 Å². The van der Waals surface area contributed by atoms with Gasteiger partial charge in [0.05, 0.1) is 6.10 Å². The Kier molecular flexibility index (Phi) is 4.63. The molecule has 1 heterocycles. The number of ether oxygens (including phenoxy) is 1. The van der Waals surface area contributed by atoms with Crippen LogP contribution in [0.15, 0.2) is 12.7 Å². The molecule has 3 aliphatic rings. The molecule has 19 heavy (non-hydrogen) atoms. The van der Waals surface area contributed by atoms with Crippen LogP contribution in [0.1, 0.15) is 64.2 Å². The van der Waals surface area contributed by atoms with Gasteiger partial charge in [0, 0.05) is 6.61 Å². The molecule has 0 N–H and O–H groups in total. The standard InChI is InChI=1S/C18H30O/c1-2-14-5-7-15(8-6-14)16-9-11-17(12-10-16)18-4-3-13-19-18/h2,14-18H,1,3-13H2. The Bertz CT molecular complexity index is 276. The van der Waals surface area contributed by atoms with Crippen LogP contribution < -0.4 is 0 Å². The van der Waals surface area contributed by atoms with Gasteiger partial charge in [0.1, 0.15) is 0 Å². The Hall–Kier alpha value is -0.300. The lowest BCUT2D eigenvalue weighted by Crippen LogP contribution is -2.29. The molecule has 0 aromatic heterocycles. The highest BCUT2D eigenvalue weighted by molar-refractivity contribution is 4.88. The molecular weight excluding hydrogens is 232 g/mol. The van der Waals surface area contributed by atoms with Crippen molar-refractivity contribution in [3.05, 3.63) is 12.7 Å². The number of hydrogen-bond acceptors (Lipinski definition) is 1. The van der Waals surface area contributed by atoms with Crippen molar-refractivity contribution in [2.24, 2.45) is 23.7 Å². The summed E-state index contributed by atoms with van der Waals surface area (Å²) in [5.41, 5.74) is 0. The zero-order valence-electron chi connectivity index (χ0n) is 12.4. The van der Waals surface area contributed by atoms with Crippen LogP contribution in [-0.4, -0.2) is 12.7 Å². The Labute approximate surface area is 118 Å². The Morgan fingerprint density at radius 1 is 0.737 bits per heavy atom. The lowest BCUT2D eigenvalue weighted by molar-refractivity contribution is 0.0316. The van der Waals surface area contributed by atoms with Crippen LogP contribution in [0, 0.1) is 23.7 Å². The minimum absolute atomic E-state index is 0.623. The van der Waals surface area contributed by atoms with Gasteiger partial charge in [-0.3, -0.25) is 0 Å². The normalized spacial score (nSPS) is 44.1. The van der Waals surface area contributed by atoms with E-state index in [4.69, 9.17) is 4.74 Å². The van der Waals surface area contributed by atoms with Crippen LogP contribution >= 0.6 is 0 Å². The average molecular weight is 262 g/mol. The lowest BCUT2D eigenvalue weighted by atomic mass is 9.68. The monoisotopic (exact) mass is 262 g/mol. The van der Waals surface area contributed by atoms with Crippen LogP contribution in [0.3, 0.4) is 0 Å². The van der Waals surface area contributed by atoms with E-state index in [1.54, 1.807) is 0 Å². The van der Waals surface area contributed by atoms with Crippen molar-refractivity contribution in [2.45, 2.75) is 70.3 Å². The van der Waals surface area contributed by atoms with Gasteiger partial charge in [0.15, 0.2) is 0 Å². The summed E-state index contributed by atoms with van der Waals surface area (Å²) in [4.78, 5) is 0. The second-order valence-electron chi connectivity index (χ2n) is 7.14. The summed E-state index contributed by atoms with van der Waals surface area (Å²) in [5, 5.41) is 0. The van der Waals surface area contributed by atoms with E-state index in [9.17, 15) is 0 Å². The highest BCUT2D eigenvalue weighted by Gasteiger charge is 2.34. The molecule has 1 aliphatic heterocycles. The molecule has 0 amide bonds. The Balaban J connectivity index is 1.43. The molecule has 2 saturated carbocycles. The first-order valence-electron chi connectivity index (χ1n) is 8.61. The van der Waals surface area contributed by atoms with E-state index >= 15 is 0 Å². The van der Waals surface area contributed by atoms with E-state index in [1.165, 1.54) is 64.2 Å². The van der Waals surface area contributed by atoms with Crippen LogP contribution in [0.5, 0.6) is 0 Å². The first-order valence-corrected chi connectivity index (χ1v) is 8.61. The maximum atomic E-state index is 5.89. The predicted octanol–water partition coefficient (Wildman–Crippen LogP) is 4.96. The summed E-state index contributed by atoms with van der Waals surface area (Å²) in [6.45, 7) is 4.99. The molecule has 0 spiro atoms. The van der Waals surface area contributed by atoms with Crippen molar-refractivity contribution in [3.8, 4) is 0 Å². The van der Waals surface area contributed by atoms with E-state index < -0.39 is 0 Å². The van der Waals surface area contributed by atoms with Crippen LogP contribution in [0.25, 0.3) is 0 Å². The molecule has 3 fully saturated rings. The zero-order chi connectivity index (χ0) is 13.1. The van der Waals surface area contributed by atoms with Gasteiger partial charge in [-0.25, -0.2) is 0 Å². The third kappa shape index (κ3) is 3.24. The average Bonchev–Trinajstić information content (AvgIpc) is 3.02. The minimum Gasteiger partial charge on any atom is -0.378 e. The molecule has 0 aromatic carbocycles. The van der Waals surface area contributed by atoms with E-state index in [1.807, 2.05) is 0 Å². The molecular formula is C18H30O. The lowest BCUT2D eigenvalue weighted by Gasteiger charge is -2.38.